The summed E-state index contributed by atoms with van der Waals surface area (Å²) in [4.78, 5) is 0. The number of rotatable bonds is 5. The van der Waals surface area contributed by atoms with E-state index in [2.05, 4.69) is 13.8 Å². The summed E-state index contributed by atoms with van der Waals surface area (Å²) < 4.78 is 40.7. The molecule has 5 saturated carbocycles. The number of fused-ring (bicyclic) bond motifs is 5. The molecular weight excluding hydrogens is 425 g/mol. The summed E-state index contributed by atoms with van der Waals surface area (Å²) in [6.07, 6.45) is 9.51. The molecule has 5 aliphatic carbocycles. The monoisotopic (exact) mass is 470 g/mol. The Bertz CT molecular complexity index is 720. The van der Waals surface area contributed by atoms with Crippen molar-refractivity contribution in [1.29, 1.82) is 0 Å². The van der Waals surface area contributed by atoms with Gasteiger partial charge in [0.2, 0.25) is 0 Å². The van der Waals surface area contributed by atoms with Gasteiger partial charge in [-0.15, -0.1) is 0 Å². The van der Waals surface area contributed by atoms with Crippen LogP contribution in [-0.4, -0.2) is 28.1 Å². The van der Waals surface area contributed by atoms with Crippen molar-refractivity contribution in [2.45, 2.75) is 128 Å². The number of hydrogen-bond acceptors (Lipinski definition) is 2. The maximum absolute atomic E-state index is 13.6. The predicted molar refractivity (Wildman–Crippen MR) is 123 cm³/mol. The van der Waals surface area contributed by atoms with Gasteiger partial charge < -0.3 is 10.2 Å². The molecule has 0 bridgehead atoms. The fraction of sp³-hybridized carbons (Fsp3) is 1.00. The highest BCUT2D eigenvalue weighted by Crippen LogP contribution is 2.69. The molecule has 0 aromatic heterocycles. The summed E-state index contributed by atoms with van der Waals surface area (Å²) in [5.41, 5.74) is -2.16. The second-order valence-corrected chi connectivity index (χ2v) is 13.4. The van der Waals surface area contributed by atoms with E-state index in [9.17, 15) is 23.4 Å². The van der Waals surface area contributed by atoms with E-state index in [1.54, 1.807) is 0 Å². The number of aliphatic hydroxyl groups excluding tert-OH is 1. The van der Waals surface area contributed by atoms with Gasteiger partial charge in [-0.05, 0) is 130 Å². The highest BCUT2D eigenvalue weighted by Gasteiger charge is 2.64. The Morgan fingerprint density at radius 1 is 0.879 bits per heavy atom. The number of aliphatic hydroxyl groups is 2. The van der Waals surface area contributed by atoms with Crippen molar-refractivity contribution in [3.8, 4) is 0 Å². The maximum Gasteiger partial charge on any atom is 0.417 e. The molecule has 33 heavy (non-hydrogen) atoms. The zero-order valence-corrected chi connectivity index (χ0v) is 20.7. The minimum Gasteiger partial charge on any atom is -0.393 e. The van der Waals surface area contributed by atoms with E-state index < -0.39 is 11.8 Å². The van der Waals surface area contributed by atoms with Crippen LogP contribution in [0.15, 0.2) is 0 Å². The van der Waals surface area contributed by atoms with Gasteiger partial charge in [0.1, 0.15) is 0 Å². The van der Waals surface area contributed by atoms with Crippen LogP contribution in [0.2, 0.25) is 0 Å². The van der Waals surface area contributed by atoms with Crippen LogP contribution in [-0.2, 0) is 0 Å². The van der Waals surface area contributed by atoms with Gasteiger partial charge >= 0.3 is 6.18 Å². The van der Waals surface area contributed by atoms with Gasteiger partial charge in [-0.25, -0.2) is 0 Å². The lowest BCUT2D eigenvalue weighted by atomic mass is 9.43. The zero-order valence-electron chi connectivity index (χ0n) is 20.7. The van der Waals surface area contributed by atoms with Gasteiger partial charge in [0.05, 0.1) is 6.10 Å². The molecule has 0 aliphatic heterocycles. The van der Waals surface area contributed by atoms with E-state index in [1.807, 2.05) is 0 Å². The summed E-state index contributed by atoms with van der Waals surface area (Å²) in [6, 6.07) is 0. The van der Waals surface area contributed by atoms with Gasteiger partial charge in [0.15, 0.2) is 5.60 Å². The number of halogens is 3. The lowest BCUT2D eigenvalue weighted by Crippen LogP contribution is -2.59. The fourth-order valence-electron chi connectivity index (χ4n) is 9.72. The Hall–Kier alpha value is -0.290. The molecule has 5 aliphatic rings. The fourth-order valence-corrected chi connectivity index (χ4v) is 9.72. The first-order chi connectivity index (χ1) is 15.5. The highest BCUT2D eigenvalue weighted by molar-refractivity contribution is 5.11. The van der Waals surface area contributed by atoms with E-state index in [0.717, 1.165) is 38.0 Å². The van der Waals surface area contributed by atoms with Gasteiger partial charge in [-0.3, -0.25) is 0 Å². The maximum atomic E-state index is 13.6. The Morgan fingerprint density at radius 3 is 2.27 bits per heavy atom. The van der Waals surface area contributed by atoms with Gasteiger partial charge in [-0.2, -0.15) is 13.2 Å². The predicted octanol–water partition coefficient (Wildman–Crippen LogP) is 7.27. The molecule has 190 valence electrons. The van der Waals surface area contributed by atoms with E-state index in [4.69, 9.17) is 0 Å². The van der Waals surface area contributed by atoms with Crippen LogP contribution in [0.25, 0.3) is 0 Å². The van der Waals surface area contributed by atoms with Crippen molar-refractivity contribution in [2.75, 3.05) is 0 Å². The standard InChI is InChI=1S/C28H45F3O2/c1-25-14-13-23-21(11-9-20-17-27(33,28(29,30)31)16-15-26(20,23)2)22(25)12-10-19(25)7-4-8-24(32)18-5-3-6-18/h18-24,32-33H,3-17H2,1-2H3/t19-,20+,21+,22+,23+,24+,25-,26+,27+/m1/s1. The SMILES string of the molecule is C[C@]12CC[C@@](O)(C(F)(F)F)C[C@@H]1CC[C@@H]1[C@@H]2CC[C@]2(C)[C@H](CCC[C@H](O)C3CCC3)CC[C@@H]12. The molecule has 5 heteroatoms. The molecule has 0 heterocycles. The van der Waals surface area contributed by atoms with Crippen LogP contribution in [0.3, 0.4) is 0 Å². The van der Waals surface area contributed by atoms with E-state index in [1.165, 1.54) is 44.9 Å². The zero-order chi connectivity index (χ0) is 23.6. The largest absolute Gasteiger partial charge is 0.417 e. The topological polar surface area (TPSA) is 40.5 Å². The molecule has 2 N–H and O–H groups in total. The third-order valence-electron chi connectivity index (χ3n) is 12.2. The van der Waals surface area contributed by atoms with E-state index in [-0.39, 0.29) is 30.3 Å². The van der Waals surface area contributed by atoms with Crippen LogP contribution >= 0.6 is 0 Å². The quantitative estimate of drug-likeness (QED) is 0.443. The van der Waals surface area contributed by atoms with Crippen LogP contribution < -0.4 is 0 Å². The molecule has 0 saturated heterocycles. The van der Waals surface area contributed by atoms with Crippen LogP contribution in [0.4, 0.5) is 13.2 Å². The molecule has 0 aromatic rings. The summed E-state index contributed by atoms with van der Waals surface area (Å²) in [6.45, 7) is 4.78. The smallest absolute Gasteiger partial charge is 0.393 e. The summed E-state index contributed by atoms with van der Waals surface area (Å²) >= 11 is 0. The second-order valence-electron chi connectivity index (χ2n) is 13.4. The lowest BCUT2D eigenvalue weighted by Gasteiger charge is -2.62. The van der Waals surface area contributed by atoms with Gasteiger partial charge in [0, 0.05) is 0 Å². The Morgan fingerprint density at radius 2 is 1.61 bits per heavy atom. The number of hydrogen-bond donors (Lipinski definition) is 2. The minimum absolute atomic E-state index is 0.00586. The first kappa shape index (κ1) is 24.4. The molecule has 9 atom stereocenters. The molecule has 0 aromatic carbocycles. The molecule has 0 radical (unpaired) electrons. The number of alkyl halides is 3. The molecular formula is C28H45F3O2. The van der Waals surface area contributed by atoms with Crippen molar-refractivity contribution in [1.82, 2.24) is 0 Å². The van der Waals surface area contributed by atoms with Crippen LogP contribution in [0.1, 0.15) is 110 Å². The average molecular weight is 471 g/mol. The normalized spacial score (nSPS) is 49.0. The second kappa shape index (κ2) is 8.39. The van der Waals surface area contributed by atoms with Crippen LogP contribution in [0, 0.1) is 46.3 Å². The molecule has 2 nitrogen and oxygen atoms in total. The van der Waals surface area contributed by atoms with Crippen molar-refractivity contribution in [3.05, 3.63) is 0 Å². The Kier molecular flexibility index (Phi) is 6.20. The van der Waals surface area contributed by atoms with Crippen LogP contribution in [0.5, 0.6) is 0 Å². The Balaban J connectivity index is 1.23. The van der Waals surface area contributed by atoms with E-state index in [0.29, 0.717) is 35.5 Å². The lowest BCUT2D eigenvalue weighted by molar-refractivity contribution is -0.290. The first-order valence-electron chi connectivity index (χ1n) is 14.0. The van der Waals surface area contributed by atoms with Crippen molar-refractivity contribution < 1.29 is 23.4 Å². The molecule has 0 spiro atoms. The van der Waals surface area contributed by atoms with E-state index >= 15 is 0 Å². The minimum atomic E-state index is -4.51. The average Bonchev–Trinajstić information content (AvgIpc) is 3.03. The summed E-state index contributed by atoms with van der Waals surface area (Å²) in [5, 5.41) is 20.8. The Labute approximate surface area is 198 Å². The van der Waals surface area contributed by atoms with Crippen molar-refractivity contribution in [2.24, 2.45) is 46.3 Å². The summed E-state index contributed by atoms with van der Waals surface area (Å²) in [5.74, 6) is 3.16. The first-order valence-corrected chi connectivity index (χ1v) is 14.0. The third-order valence-corrected chi connectivity index (χ3v) is 12.2. The third kappa shape index (κ3) is 3.90. The van der Waals surface area contributed by atoms with Crippen molar-refractivity contribution in [3.63, 3.8) is 0 Å². The van der Waals surface area contributed by atoms with Crippen molar-refractivity contribution >= 4 is 0 Å². The van der Waals surface area contributed by atoms with Gasteiger partial charge in [-0.1, -0.05) is 26.7 Å². The highest BCUT2D eigenvalue weighted by atomic mass is 19.4. The molecule has 5 fully saturated rings. The summed E-state index contributed by atoms with van der Waals surface area (Å²) in [7, 11) is 0. The molecule has 5 rings (SSSR count). The van der Waals surface area contributed by atoms with Gasteiger partial charge in [0.25, 0.3) is 0 Å². The molecule has 0 unspecified atom stereocenters. The molecule has 0 amide bonds.